The van der Waals surface area contributed by atoms with E-state index in [-0.39, 0.29) is 5.91 Å². The summed E-state index contributed by atoms with van der Waals surface area (Å²) in [7, 11) is 1.59. The van der Waals surface area contributed by atoms with E-state index in [2.05, 4.69) is 10.6 Å². The van der Waals surface area contributed by atoms with Gasteiger partial charge in [0.1, 0.15) is 5.60 Å². The summed E-state index contributed by atoms with van der Waals surface area (Å²) >= 11 is 0. The summed E-state index contributed by atoms with van der Waals surface area (Å²) in [4.78, 5) is 11.9. The molecule has 1 aliphatic rings. The third-order valence-corrected chi connectivity index (χ3v) is 3.84. The fourth-order valence-corrected chi connectivity index (χ4v) is 2.14. The van der Waals surface area contributed by atoms with Gasteiger partial charge in [-0.05, 0) is 51.6 Å². The first kappa shape index (κ1) is 14.5. The van der Waals surface area contributed by atoms with Crippen LogP contribution in [0.3, 0.4) is 0 Å². The fourth-order valence-electron chi connectivity index (χ4n) is 2.14. The number of hydrogen-bond donors (Lipinski definition) is 2. The number of rotatable bonds is 6. The number of carbonyl (C=O) groups is 1. The highest BCUT2D eigenvalue weighted by atomic mass is 16.5. The lowest BCUT2D eigenvalue weighted by molar-refractivity contribution is -0.141. The van der Waals surface area contributed by atoms with E-state index in [0.717, 1.165) is 26.1 Å². The van der Waals surface area contributed by atoms with E-state index in [1.54, 1.807) is 7.11 Å². The summed E-state index contributed by atoms with van der Waals surface area (Å²) in [6.45, 7) is 6.79. The van der Waals surface area contributed by atoms with Crippen molar-refractivity contribution in [3.63, 3.8) is 0 Å². The molecule has 1 saturated heterocycles. The number of hydrogen-bond acceptors (Lipinski definition) is 3. The summed E-state index contributed by atoms with van der Waals surface area (Å²) in [5, 5.41) is 6.37. The Morgan fingerprint density at radius 2 is 2.35 bits per heavy atom. The number of ether oxygens (including phenoxy) is 1. The average Bonchev–Trinajstić information content (AvgIpc) is 2.39. The lowest BCUT2D eigenvalue weighted by atomic mass is 9.96. The van der Waals surface area contributed by atoms with Crippen LogP contribution in [0.15, 0.2) is 0 Å². The molecule has 0 aliphatic carbocycles. The Morgan fingerprint density at radius 1 is 1.59 bits per heavy atom. The van der Waals surface area contributed by atoms with E-state index in [1.807, 2.05) is 13.8 Å². The third kappa shape index (κ3) is 4.28. The van der Waals surface area contributed by atoms with Crippen LogP contribution in [0.5, 0.6) is 0 Å². The van der Waals surface area contributed by atoms with Crippen molar-refractivity contribution in [3.05, 3.63) is 0 Å². The lowest BCUT2D eigenvalue weighted by Crippen LogP contribution is -2.46. The van der Waals surface area contributed by atoms with Gasteiger partial charge in [-0.2, -0.15) is 0 Å². The van der Waals surface area contributed by atoms with Crippen molar-refractivity contribution in [2.24, 2.45) is 5.92 Å². The maximum absolute atomic E-state index is 11.9. The van der Waals surface area contributed by atoms with Gasteiger partial charge < -0.3 is 15.4 Å². The summed E-state index contributed by atoms with van der Waals surface area (Å²) in [6.07, 6.45) is 4.28. The summed E-state index contributed by atoms with van der Waals surface area (Å²) in [6, 6.07) is 0. The monoisotopic (exact) mass is 242 g/mol. The number of nitrogens with one attached hydrogen (secondary N) is 2. The topological polar surface area (TPSA) is 50.4 Å². The summed E-state index contributed by atoms with van der Waals surface area (Å²) < 4.78 is 5.27. The van der Waals surface area contributed by atoms with Crippen molar-refractivity contribution in [3.8, 4) is 0 Å². The van der Waals surface area contributed by atoms with Gasteiger partial charge in [0.05, 0.1) is 0 Å². The molecule has 1 aliphatic heterocycles. The van der Waals surface area contributed by atoms with Crippen molar-refractivity contribution in [2.75, 3.05) is 26.7 Å². The van der Waals surface area contributed by atoms with Gasteiger partial charge in [0, 0.05) is 13.7 Å². The number of piperidine rings is 1. The molecule has 1 fully saturated rings. The second-order valence-corrected chi connectivity index (χ2v) is 5.05. The van der Waals surface area contributed by atoms with Gasteiger partial charge in [0.2, 0.25) is 0 Å². The SMILES string of the molecule is CCC(C)(OC)C(=O)NCCC1CCCNC1. The van der Waals surface area contributed by atoms with Gasteiger partial charge in [0.15, 0.2) is 0 Å². The molecule has 2 atom stereocenters. The molecule has 17 heavy (non-hydrogen) atoms. The largest absolute Gasteiger partial charge is 0.369 e. The molecule has 1 rings (SSSR count). The molecule has 0 bridgehead atoms. The Kier molecular flexibility index (Phi) is 5.92. The van der Waals surface area contributed by atoms with Gasteiger partial charge in [-0.1, -0.05) is 6.92 Å². The van der Waals surface area contributed by atoms with Crippen LogP contribution in [-0.2, 0) is 9.53 Å². The Labute approximate surface area is 104 Å². The molecule has 100 valence electrons. The zero-order chi connectivity index (χ0) is 12.7. The highest BCUT2D eigenvalue weighted by Crippen LogP contribution is 2.15. The number of methoxy groups -OCH3 is 1. The molecule has 0 aromatic rings. The smallest absolute Gasteiger partial charge is 0.251 e. The van der Waals surface area contributed by atoms with Crippen molar-refractivity contribution in [2.45, 2.75) is 45.1 Å². The summed E-state index contributed by atoms with van der Waals surface area (Å²) in [5.74, 6) is 0.714. The molecule has 1 heterocycles. The minimum atomic E-state index is -0.676. The molecule has 0 spiro atoms. The van der Waals surface area contributed by atoms with Gasteiger partial charge in [-0.15, -0.1) is 0 Å². The Balaban J connectivity index is 2.23. The van der Waals surface area contributed by atoms with Gasteiger partial charge in [-0.25, -0.2) is 0 Å². The molecular formula is C13H26N2O2. The first-order chi connectivity index (χ1) is 8.12. The van der Waals surface area contributed by atoms with Crippen LogP contribution in [0.4, 0.5) is 0 Å². The van der Waals surface area contributed by atoms with Crippen LogP contribution in [0, 0.1) is 5.92 Å². The molecule has 0 aromatic heterocycles. The van der Waals surface area contributed by atoms with E-state index in [0.29, 0.717) is 12.3 Å². The number of amides is 1. The average molecular weight is 242 g/mol. The molecule has 2 N–H and O–H groups in total. The van der Waals surface area contributed by atoms with Crippen molar-refractivity contribution in [1.29, 1.82) is 0 Å². The maximum Gasteiger partial charge on any atom is 0.251 e. The fraction of sp³-hybridized carbons (Fsp3) is 0.923. The predicted octanol–water partition coefficient (Wildman–Crippen LogP) is 1.31. The maximum atomic E-state index is 11.9. The van der Waals surface area contributed by atoms with Crippen LogP contribution in [0.2, 0.25) is 0 Å². The Morgan fingerprint density at radius 3 is 2.88 bits per heavy atom. The molecule has 0 saturated carbocycles. The van der Waals surface area contributed by atoms with E-state index < -0.39 is 5.60 Å². The molecule has 0 aromatic carbocycles. The van der Waals surface area contributed by atoms with Gasteiger partial charge in [-0.3, -0.25) is 4.79 Å². The number of carbonyl (C=O) groups excluding carboxylic acids is 1. The molecule has 2 unspecified atom stereocenters. The highest BCUT2D eigenvalue weighted by Gasteiger charge is 2.30. The van der Waals surface area contributed by atoms with Crippen molar-refractivity contribution in [1.82, 2.24) is 10.6 Å². The minimum absolute atomic E-state index is 0.00580. The van der Waals surface area contributed by atoms with Crippen LogP contribution < -0.4 is 10.6 Å². The Bertz CT molecular complexity index is 234. The molecule has 0 radical (unpaired) electrons. The molecular weight excluding hydrogens is 216 g/mol. The van der Waals surface area contributed by atoms with Crippen LogP contribution >= 0.6 is 0 Å². The summed E-state index contributed by atoms with van der Waals surface area (Å²) in [5.41, 5.74) is -0.676. The molecule has 4 nitrogen and oxygen atoms in total. The van der Waals surface area contributed by atoms with Crippen molar-refractivity contribution >= 4 is 5.91 Å². The van der Waals surface area contributed by atoms with E-state index >= 15 is 0 Å². The van der Waals surface area contributed by atoms with E-state index in [4.69, 9.17) is 4.74 Å². The standard InChI is InChI=1S/C13H26N2O2/c1-4-13(2,17-3)12(16)15-9-7-11-6-5-8-14-10-11/h11,14H,4-10H2,1-3H3,(H,15,16). The minimum Gasteiger partial charge on any atom is -0.369 e. The van der Waals surface area contributed by atoms with Gasteiger partial charge >= 0.3 is 0 Å². The van der Waals surface area contributed by atoms with Crippen LogP contribution in [0.25, 0.3) is 0 Å². The second-order valence-electron chi connectivity index (χ2n) is 5.05. The second kappa shape index (κ2) is 6.97. The molecule has 1 amide bonds. The first-order valence-corrected chi connectivity index (χ1v) is 6.66. The first-order valence-electron chi connectivity index (χ1n) is 6.66. The van der Waals surface area contributed by atoms with Crippen molar-refractivity contribution < 1.29 is 9.53 Å². The normalized spacial score (nSPS) is 24.1. The van der Waals surface area contributed by atoms with Crippen LogP contribution in [-0.4, -0.2) is 38.3 Å². The zero-order valence-corrected chi connectivity index (χ0v) is 11.3. The quantitative estimate of drug-likeness (QED) is 0.738. The zero-order valence-electron chi connectivity index (χ0n) is 11.3. The Hall–Kier alpha value is -0.610. The predicted molar refractivity (Wildman–Crippen MR) is 68.9 cm³/mol. The van der Waals surface area contributed by atoms with Gasteiger partial charge in [0.25, 0.3) is 5.91 Å². The highest BCUT2D eigenvalue weighted by molar-refractivity contribution is 5.84. The van der Waals surface area contributed by atoms with E-state index in [9.17, 15) is 4.79 Å². The van der Waals surface area contributed by atoms with E-state index in [1.165, 1.54) is 12.8 Å². The third-order valence-electron chi connectivity index (χ3n) is 3.84. The molecule has 4 heteroatoms. The lowest BCUT2D eigenvalue weighted by Gasteiger charge is -2.26. The van der Waals surface area contributed by atoms with Crippen LogP contribution in [0.1, 0.15) is 39.5 Å².